The molecule has 1 aliphatic heterocycles. The van der Waals surface area contributed by atoms with Gasteiger partial charge in [0.05, 0.1) is 5.92 Å². The molecule has 0 bridgehead atoms. The molecule has 2 rings (SSSR count). The highest BCUT2D eigenvalue weighted by Crippen LogP contribution is 2.17. The van der Waals surface area contributed by atoms with Gasteiger partial charge < -0.3 is 16.0 Å². The predicted octanol–water partition coefficient (Wildman–Crippen LogP) is -0.936. The number of nitrogens with zero attached hydrogens (tertiary/aromatic N) is 2. The Labute approximate surface area is 153 Å². The monoisotopic (exact) mass is 383 g/mol. The van der Waals surface area contributed by atoms with Crippen molar-refractivity contribution in [2.24, 2.45) is 11.7 Å². The number of piperidine rings is 1. The van der Waals surface area contributed by atoms with Gasteiger partial charge in [0.2, 0.25) is 21.8 Å². The molecule has 0 aromatic carbocycles. The van der Waals surface area contributed by atoms with E-state index in [9.17, 15) is 18.0 Å². The normalized spacial score (nSPS) is 17.7. The molecular formula is C16H25N5O4S. The molecule has 1 aliphatic rings. The van der Waals surface area contributed by atoms with Gasteiger partial charge in [0.25, 0.3) is 0 Å². The summed E-state index contributed by atoms with van der Waals surface area (Å²) in [5.74, 6) is -0.508. The van der Waals surface area contributed by atoms with Gasteiger partial charge in [-0.25, -0.2) is 13.1 Å². The second kappa shape index (κ2) is 9.60. The lowest BCUT2D eigenvalue weighted by Gasteiger charge is -2.32. The lowest BCUT2D eigenvalue weighted by Crippen LogP contribution is -2.46. The average molecular weight is 383 g/mol. The van der Waals surface area contributed by atoms with E-state index < -0.39 is 10.0 Å². The molecule has 10 heteroatoms. The highest BCUT2D eigenvalue weighted by Gasteiger charge is 2.28. The van der Waals surface area contributed by atoms with E-state index in [1.54, 1.807) is 4.90 Å². The largest absolute Gasteiger partial charge is 0.355 e. The van der Waals surface area contributed by atoms with Gasteiger partial charge in [-0.1, -0.05) is 0 Å². The van der Waals surface area contributed by atoms with E-state index in [1.165, 1.54) is 24.5 Å². The Morgan fingerprint density at radius 1 is 1.35 bits per heavy atom. The van der Waals surface area contributed by atoms with E-state index >= 15 is 0 Å². The number of hydrogen-bond acceptors (Lipinski definition) is 6. The van der Waals surface area contributed by atoms with Gasteiger partial charge in [0.15, 0.2) is 0 Å². The number of amides is 2. The first-order chi connectivity index (χ1) is 12.4. The Bertz CT molecular complexity index is 711. The van der Waals surface area contributed by atoms with Crippen LogP contribution in [0.5, 0.6) is 0 Å². The summed E-state index contributed by atoms with van der Waals surface area (Å²) in [6.07, 6.45) is 4.25. The number of aromatic nitrogens is 1. The van der Waals surface area contributed by atoms with Crippen LogP contribution in [0.15, 0.2) is 29.4 Å². The molecule has 2 heterocycles. The fourth-order valence-corrected chi connectivity index (χ4v) is 3.79. The first-order valence-electron chi connectivity index (χ1n) is 8.59. The maximum atomic E-state index is 12.3. The van der Waals surface area contributed by atoms with Crippen LogP contribution >= 0.6 is 0 Å². The number of pyridine rings is 1. The summed E-state index contributed by atoms with van der Waals surface area (Å²) in [6.45, 7) is 1.72. The van der Waals surface area contributed by atoms with Crippen molar-refractivity contribution in [3.8, 4) is 0 Å². The fourth-order valence-electron chi connectivity index (χ4n) is 2.80. The molecule has 9 nitrogen and oxygen atoms in total. The van der Waals surface area contributed by atoms with Gasteiger partial charge in [-0.15, -0.1) is 0 Å². The molecule has 1 atom stereocenters. The third-order valence-electron chi connectivity index (χ3n) is 4.16. The summed E-state index contributed by atoms with van der Waals surface area (Å²) >= 11 is 0. The molecule has 2 amide bonds. The van der Waals surface area contributed by atoms with Crippen LogP contribution in [0.4, 0.5) is 0 Å². The molecular weight excluding hydrogens is 358 g/mol. The molecule has 26 heavy (non-hydrogen) atoms. The standard InChI is InChI=1S/C16H25N5O4S/c17-6-9-19-16(23)13-3-2-10-21(12-13)15(22)5-8-20-26(24,25)14-4-1-7-18-11-14/h1,4,7,11,13,20H,2-3,5-6,8-10,12,17H2,(H,19,23). The van der Waals surface area contributed by atoms with Crippen molar-refractivity contribution in [1.82, 2.24) is 19.9 Å². The third kappa shape index (κ3) is 5.75. The number of nitrogens with one attached hydrogen (secondary N) is 2. The van der Waals surface area contributed by atoms with E-state index in [1.807, 2.05) is 0 Å². The Hall–Kier alpha value is -2.04. The molecule has 1 saturated heterocycles. The maximum absolute atomic E-state index is 12.3. The fraction of sp³-hybridized carbons (Fsp3) is 0.562. The van der Waals surface area contributed by atoms with E-state index in [4.69, 9.17) is 5.73 Å². The third-order valence-corrected chi connectivity index (χ3v) is 5.61. The number of likely N-dealkylation sites (tertiary alicyclic amines) is 1. The van der Waals surface area contributed by atoms with Gasteiger partial charge in [-0.05, 0) is 25.0 Å². The van der Waals surface area contributed by atoms with Crippen LogP contribution in [0.2, 0.25) is 0 Å². The van der Waals surface area contributed by atoms with Crippen molar-refractivity contribution < 1.29 is 18.0 Å². The number of sulfonamides is 1. The van der Waals surface area contributed by atoms with Crippen molar-refractivity contribution in [1.29, 1.82) is 0 Å². The molecule has 1 aromatic heterocycles. The molecule has 1 unspecified atom stereocenters. The predicted molar refractivity (Wildman–Crippen MR) is 95.4 cm³/mol. The number of carbonyl (C=O) groups is 2. The van der Waals surface area contributed by atoms with E-state index in [2.05, 4.69) is 15.0 Å². The molecule has 0 aliphatic carbocycles. The molecule has 144 valence electrons. The number of carbonyl (C=O) groups excluding carboxylic acids is 2. The zero-order valence-electron chi connectivity index (χ0n) is 14.6. The van der Waals surface area contributed by atoms with Crippen molar-refractivity contribution >= 4 is 21.8 Å². The van der Waals surface area contributed by atoms with Crippen LogP contribution in [0.25, 0.3) is 0 Å². The number of hydrogen-bond donors (Lipinski definition) is 3. The van der Waals surface area contributed by atoms with Crippen LogP contribution in [0.1, 0.15) is 19.3 Å². The second-order valence-electron chi connectivity index (χ2n) is 6.10. The van der Waals surface area contributed by atoms with Crippen LogP contribution in [0, 0.1) is 5.92 Å². The number of rotatable bonds is 8. The Kier molecular flexibility index (Phi) is 7.49. The minimum atomic E-state index is -3.68. The summed E-state index contributed by atoms with van der Waals surface area (Å²) in [7, 11) is -3.68. The minimum Gasteiger partial charge on any atom is -0.355 e. The zero-order valence-corrected chi connectivity index (χ0v) is 15.4. The molecule has 0 radical (unpaired) electrons. The van der Waals surface area contributed by atoms with Crippen molar-refractivity contribution in [2.45, 2.75) is 24.2 Å². The van der Waals surface area contributed by atoms with Gasteiger partial charge in [-0.2, -0.15) is 0 Å². The molecule has 1 fully saturated rings. The smallest absolute Gasteiger partial charge is 0.242 e. The van der Waals surface area contributed by atoms with E-state index in [-0.39, 0.29) is 35.6 Å². The molecule has 0 spiro atoms. The van der Waals surface area contributed by atoms with Crippen molar-refractivity contribution in [3.63, 3.8) is 0 Å². The van der Waals surface area contributed by atoms with Crippen LogP contribution in [-0.2, 0) is 19.6 Å². The van der Waals surface area contributed by atoms with Crippen LogP contribution < -0.4 is 15.8 Å². The highest BCUT2D eigenvalue weighted by molar-refractivity contribution is 7.89. The highest BCUT2D eigenvalue weighted by atomic mass is 32.2. The summed E-state index contributed by atoms with van der Waals surface area (Å²) in [4.78, 5) is 29.8. The Morgan fingerprint density at radius 3 is 2.85 bits per heavy atom. The molecule has 4 N–H and O–H groups in total. The maximum Gasteiger partial charge on any atom is 0.242 e. The SMILES string of the molecule is NCCNC(=O)C1CCCN(C(=O)CCNS(=O)(=O)c2cccnc2)C1. The van der Waals surface area contributed by atoms with Crippen molar-refractivity contribution in [3.05, 3.63) is 24.5 Å². The van der Waals surface area contributed by atoms with Crippen LogP contribution in [-0.4, -0.2) is 62.8 Å². The Balaban J connectivity index is 1.81. The quantitative estimate of drug-likeness (QED) is 0.530. The lowest BCUT2D eigenvalue weighted by molar-refractivity contribution is -0.135. The molecule has 0 saturated carbocycles. The second-order valence-corrected chi connectivity index (χ2v) is 7.86. The zero-order chi connectivity index (χ0) is 19.0. The van der Waals surface area contributed by atoms with E-state index in [0.29, 0.717) is 26.2 Å². The summed E-state index contributed by atoms with van der Waals surface area (Å²) < 4.78 is 26.6. The average Bonchev–Trinajstić information content (AvgIpc) is 2.66. The van der Waals surface area contributed by atoms with Crippen molar-refractivity contribution in [2.75, 3.05) is 32.7 Å². The van der Waals surface area contributed by atoms with Gasteiger partial charge in [0, 0.05) is 51.5 Å². The summed E-state index contributed by atoms with van der Waals surface area (Å²) in [5, 5.41) is 2.74. The first-order valence-corrected chi connectivity index (χ1v) is 10.1. The first kappa shape index (κ1) is 20.3. The van der Waals surface area contributed by atoms with Gasteiger partial charge in [-0.3, -0.25) is 14.6 Å². The number of nitrogens with two attached hydrogens (primary N) is 1. The van der Waals surface area contributed by atoms with Gasteiger partial charge >= 0.3 is 0 Å². The summed E-state index contributed by atoms with van der Waals surface area (Å²) in [5.41, 5.74) is 5.37. The molecule has 1 aromatic rings. The minimum absolute atomic E-state index is 0.00338. The van der Waals surface area contributed by atoms with E-state index in [0.717, 1.165) is 12.8 Å². The lowest BCUT2D eigenvalue weighted by atomic mass is 9.97. The Morgan fingerprint density at radius 2 is 2.15 bits per heavy atom. The summed E-state index contributed by atoms with van der Waals surface area (Å²) in [6, 6.07) is 2.97. The topological polar surface area (TPSA) is 134 Å². The van der Waals surface area contributed by atoms with Crippen LogP contribution in [0.3, 0.4) is 0 Å². The van der Waals surface area contributed by atoms with Gasteiger partial charge in [0.1, 0.15) is 4.90 Å².